The van der Waals surface area contributed by atoms with Crippen molar-refractivity contribution in [2.24, 2.45) is 0 Å². The van der Waals surface area contributed by atoms with Gasteiger partial charge in [0.1, 0.15) is 5.82 Å². The lowest BCUT2D eigenvalue weighted by molar-refractivity contribution is 0.514. The van der Waals surface area contributed by atoms with Gasteiger partial charge in [-0.3, -0.25) is 4.68 Å². The Balaban J connectivity index is 1.77. The van der Waals surface area contributed by atoms with Crippen molar-refractivity contribution in [3.05, 3.63) is 64.5 Å². The fourth-order valence-corrected chi connectivity index (χ4v) is 3.54. The maximum Gasteiger partial charge on any atom is 0.125 e. The molecule has 0 aliphatic rings. The molecule has 0 aliphatic heterocycles. The van der Waals surface area contributed by atoms with E-state index in [1.807, 2.05) is 19.2 Å². The third-order valence-corrected chi connectivity index (χ3v) is 5.12. The Morgan fingerprint density at radius 3 is 2.48 bits per heavy atom. The fraction of sp³-hybridized carbons (Fsp3) is 0.429. The Hall–Kier alpha value is -2.47. The summed E-state index contributed by atoms with van der Waals surface area (Å²) in [5.41, 5.74) is 6.35. The molecule has 3 aromatic rings. The van der Waals surface area contributed by atoms with E-state index in [0.717, 1.165) is 29.2 Å². The summed E-state index contributed by atoms with van der Waals surface area (Å²) in [6, 6.07) is 6.96. The first-order valence-electron chi connectivity index (χ1n) is 9.38. The molecule has 144 valence electrons. The Kier molecular flexibility index (Phi) is 5.46. The predicted octanol–water partition coefficient (Wildman–Crippen LogP) is 4.56. The SMILES string of the molecule is Cc1nn(C(C)C)c(C)c1CN[C@@H](C)c1cnn(-c2cccc(F)c2)c1C. The van der Waals surface area contributed by atoms with Gasteiger partial charge < -0.3 is 5.32 Å². The molecule has 1 aromatic carbocycles. The molecule has 2 aromatic heterocycles. The molecule has 0 saturated carbocycles. The lowest BCUT2D eigenvalue weighted by Gasteiger charge is -2.15. The lowest BCUT2D eigenvalue weighted by atomic mass is 10.1. The van der Waals surface area contributed by atoms with Gasteiger partial charge in [-0.05, 0) is 59.7 Å². The molecule has 27 heavy (non-hydrogen) atoms. The van der Waals surface area contributed by atoms with Crippen LogP contribution in [0.4, 0.5) is 4.39 Å². The molecule has 0 radical (unpaired) electrons. The summed E-state index contributed by atoms with van der Waals surface area (Å²) in [6.07, 6.45) is 1.86. The molecule has 1 N–H and O–H groups in total. The third-order valence-electron chi connectivity index (χ3n) is 5.12. The molecule has 0 bridgehead atoms. The third kappa shape index (κ3) is 3.81. The van der Waals surface area contributed by atoms with Gasteiger partial charge >= 0.3 is 0 Å². The molecular formula is C21H28FN5. The summed E-state index contributed by atoms with van der Waals surface area (Å²) in [6.45, 7) is 13.3. The van der Waals surface area contributed by atoms with Gasteiger partial charge in [-0.15, -0.1) is 0 Å². The molecular weight excluding hydrogens is 341 g/mol. The average Bonchev–Trinajstić information content (AvgIpc) is 3.13. The first-order valence-corrected chi connectivity index (χ1v) is 9.38. The molecule has 0 saturated heterocycles. The van der Waals surface area contributed by atoms with E-state index in [1.54, 1.807) is 10.7 Å². The molecule has 0 amide bonds. The highest BCUT2D eigenvalue weighted by atomic mass is 19.1. The molecule has 2 heterocycles. The molecule has 5 nitrogen and oxygen atoms in total. The highest BCUT2D eigenvalue weighted by molar-refractivity contribution is 5.36. The smallest absolute Gasteiger partial charge is 0.125 e. The van der Waals surface area contributed by atoms with Crippen LogP contribution in [-0.2, 0) is 6.54 Å². The van der Waals surface area contributed by atoms with Crippen LogP contribution in [0.3, 0.4) is 0 Å². The number of hydrogen-bond acceptors (Lipinski definition) is 3. The summed E-state index contributed by atoms with van der Waals surface area (Å²) < 4.78 is 17.4. The number of halogens is 1. The van der Waals surface area contributed by atoms with Crippen molar-refractivity contribution in [1.29, 1.82) is 0 Å². The molecule has 0 aliphatic carbocycles. The highest BCUT2D eigenvalue weighted by Gasteiger charge is 2.17. The minimum absolute atomic E-state index is 0.119. The van der Waals surface area contributed by atoms with E-state index in [-0.39, 0.29) is 11.9 Å². The summed E-state index contributed by atoms with van der Waals surface area (Å²) in [5, 5.41) is 12.7. The van der Waals surface area contributed by atoms with Crippen LogP contribution >= 0.6 is 0 Å². The second-order valence-corrected chi connectivity index (χ2v) is 7.37. The minimum atomic E-state index is -0.261. The topological polar surface area (TPSA) is 47.7 Å². The van der Waals surface area contributed by atoms with Crippen molar-refractivity contribution < 1.29 is 4.39 Å². The van der Waals surface area contributed by atoms with Gasteiger partial charge in [0.15, 0.2) is 0 Å². The first-order chi connectivity index (χ1) is 12.8. The molecule has 1 atom stereocenters. The van der Waals surface area contributed by atoms with E-state index < -0.39 is 0 Å². The van der Waals surface area contributed by atoms with Gasteiger partial charge in [-0.2, -0.15) is 10.2 Å². The van der Waals surface area contributed by atoms with Crippen molar-refractivity contribution in [3.63, 3.8) is 0 Å². The normalized spacial score (nSPS) is 12.7. The molecule has 0 unspecified atom stereocenters. The van der Waals surface area contributed by atoms with E-state index in [4.69, 9.17) is 0 Å². The van der Waals surface area contributed by atoms with Crippen molar-refractivity contribution >= 4 is 0 Å². The molecule has 0 fully saturated rings. The Bertz CT molecular complexity index is 938. The van der Waals surface area contributed by atoms with Crippen LogP contribution in [0.25, 0.3) is 5.69 Å². The van der Waals surface area contributed by atoms with Crippen LogP contribution < -0.4 is 5.32 Å². The molecule has 6 heteroatoms. The number of benzene rings is 1. The quantitative estimate of drug-likeness (QED) is 0.693. The second kappa shape index (κ2) is 7.64. The summed E-state index contributed by atoms with van der Waals surface area (Å²) >= 11 is 0. The Labute approximate surface area is 160 Å². The zero-order valence-corrected chi connectivity index (χ0v) is 16.9. The van der Waals surface area contributed by atoms with Crippen molar-refractivity contribution in [2.75, 3.05) is 0 Å². The Morgan fingerprint density at radius 1 is 1.11 bits per heavy atom. The van der Waals surface area contributed by atoms with Crippen molar-refractivity contribution in [2.45, 2.75) is 60.2 Å². The van der Waals surface area contributed by atoms with Crippen LogP contribution in [-0.4, -0.2) is 19.6 Å². The summed E-state index contributed by atoms with van der Waals surface area (Å²) in [7, 11) is 0. The number of nitrogens with one attached hydrogen (secondary N) is 1. The van der Waals surface area contributed by atoms with Crippen LogP contribution in [0.2, 0.25) is 0 Å². The van der Waals surface area contributed by atoms with E-state index in [1.165, 1.54) is 23.4 Å². The Morgan fingerprint density at radius 2 is 1.85 bits per heavy atom. The first kappa shape index (κ1) is 19.3. The van der Waals surface area contributed by atoms with E-state index >= 15 is 0 Å². The standard InChI is InChI=1S/C21H28FN5/c1-13(2)26-16(5)20(15(4)25-26)11-23-14(3)21-12-24-27(17(21)6)19-9-7-8-18(22)10-19/h7-10,12-14,23H,11H2,1-6H3/t14-/m0/s1. The monoisotopic (exact) mass is 369 g/mol. The van der Waals surface area contributed by atoms with Crippen molar-refractivity contribution in [3.8, 4) is 5.69 Å². The maximum absolute atomic E-state index is 13.5. The zero-order chi connectivity index (χ0) is 19.7. The average molecular weight is 369 g/mol. The van der Waals surface area contributed by atoms with Gasteiger partial charge in [-0.25, -0.2) is 9.07 Å². The van der Waals surface area contributed by atoms with Crippen molar-refractivity contribution in [1.82, 2.24) is 24.9 Å². The van der Waals surface area contributed by atoms with Gasteiger partial charge in [0.25, 0.3) is 0 Å². The van der Waals surface area contributed by atoms with Gasteiger partial charge in [-0.1, -0.05) is 6.07 Å². The number of hydrogen-bond donors (Lipinski definition) is 1. The predicted molar refractivity (Wildman–Crippen MR) is 106 cm³/mol. The number of nitrogens with zero attached hydrogens (tertiary/aromatic N) is 4. The lowest BCUT2D eigenvalue weighted by Crippen LogP contribution is -2.19. The number of aromatic nitrogens is 4. The van der Waals surface area contributed by atoms with Crippen LogP contribution in [0.5, 0.6) is 0 Å². The van der Waals surface area contributed by atoms with Gasteiger partial charge in [0.2, 0.25) is 0 Å². The van der Waals surface area contributed by atoms with E-state index in [0.29, 0.717) is 6.04 Å². The second-order valence-electron chi connectivity index (χ2n) is 7.37. The molecule has 0 spiro atoms. The molecule has 3 rings (SSSR count). The van der Waals surface area contributed by atoms with Crippen LogP contribution in [0.1, 0.15) is 61.1 Å². The maximum atomic E-state index is 13.5. The number of aryl methyl sites for hydroxylation is 1. The van der Waals surface area contributed by atoms with Crippen LogP contribution in [0, 0.1) is 26.6 Å². The van der Waals surface area contributed by atoms with Gasteiger partial charge in [0, 0.05) is 41.1 Å². The number of rotatable bonds is 6. The fourth-order valence-electron chi connectivity index (χ4n) is 3.54. The van der Waals surface area contributed by atoms with Gasteiger partial charge in [0.05, 0.1) is 17.6 Å². The minimum Gasteiger partial charge on any atom is -0.306 e. The summed E-state index contributed by atoms with van der Waals surface area (Å²) in [4.78, 5) is 0. The highest BCUT2D eigenvalue weighted by Crippen LogP contribution is 2.22. The largest absolute Gasteiger partial charge is 0.306 e. The van der Waals surface area contributed by atoms with E-state index in [9.17, 15) is 4.39 Å². The zero-order valence-electron chi connectivity index (χ0n) is 16.9. The summed E-state index contributed by atoms with van der Waals surface area (Å²) in [5.74, 6) is -0.261. The van der Waals surface area contributed by atoms with Crippen LogP contribution in [0.15, 0.2) is 30.5 Å². The van der Waals surface area contributed by atoms with E-state index in [2.05, 4.69) is 54.8 Å².